The number of nitrogens with zero attached hydrogens (tertiary/aromatic N) is 3. The maximum absolute atomic E-state index is 12.6. The largest absolute Gasteiger partial charge is 0.461 e. The maximum Gasteiger partial charge on any atom is 0.346 e. The molecule has 0 saturated heterocycles. The number of aromatic nitrogens is 3. The van der Waals surface area contributed by atoms with Crippen molar-refractivity contribution in [2.24, 2.45) is 0 Å². The fourth-order valence-electron chi connectivity index (χ4n) is 2.57. The van der Waals surface area contributed by atoms with Gasteiger partial charge in [-0.15, -0.1) is 5.10 Å². The van der Waals surface area contributed by atoms with Gasteiger partial charge in [-0.1, -0.05) is 23.7 Å². The zero-order valence-electron chi connectivity index (χ0n) is 11.8. The van der Waals surface area contributed by atoms with Crippen LogP contribution in [0.3, 0.4) is 0 Å². The molecule has 4 rings (SSSR count). The fourth-order valence-corrected chi connectivity index (χ4v) is 2.78. The molecular weight excluding hydrogens is 302 g/mol. The molecule has 3 aromatic rings. The summed E-state index contributed by atoms with van der Waals surface area (Å²) >= 11 is 6.00. The van der Waals surface area contributed by atoms with E-state index in [1.807, 2.05) is 30.3 Å². The predicted molar refractivity (Wildman–Crippen MR) is 83.0 cm³/mol. The van der Waals surface area contributed by atoms with E-state index in [-0.39, 0.29) is 11.7 Å². The van der Waals surface area contributed by atoms with E-state index >= 15 is 0 Å². The van der Waals surface area contributed by atoms with Crippen molar-refractivity contribution in [2.75, 3.05) is 0 Å². The first-order chi connectivity index (χ1) is 10.7. The van der Waals surface area contributed by atoms with Gasteiger partial charge in [0.05, 0.1) is 12.8 Å². The van der Waals surface area contributed by atoms with Crippen LogP contribution in [-0.4, -0.2) is 14.3 Å². The molecule has 0 N–H and O–H groups in total. The van der Waals surface area contributed by atoms with Crippen LogP contribution in [-0.2, 0) is 6.54 Å². The minimum Gasteiger partial charge on any atom is -0.461 e. The summed E-state index contributed by atoms with van der Waals surface area (Å²) in [5, 5.41) is 5.12. The molecule has 1 saturated carbocycles. The second-order valence-corrected chi connectivity index (χ2v) is 5.91. The summed E-state index contributed by atoms with van der Waals surface area (Å²) < 4.78 is 8.63. The third-order valence-corrected chi connectivity index (χ3v) is 3.98. The Hall–Kier alpha value is -2.27. The maximum atomic E-state index is 12.6. The smallest absolute Gasteiger partial charge is 0.346 e. The molecule has 2 heterocycles. The van der Waals surface area contributed by atoms with Crippen LogP contribution < -0.4 is 5.69 Å². The monoisotopic (exact) mass is 315 g/mol. The molecule has 1 aliphatic carbocycles. The second-order valence-electron chi connectivity index (χ2n) is 5.47. The highest BCUT2D eigenvalue weighted by Crippen LogP contribution is 2.36. The molecule has 0 spiro atoms. The SMILES string of the molecule is O=c1n(Cc2cccc(Cl)c2)nc(-c2ccco2)n1C1CC1. The lowest BCUT2D eigenvalue weighted by Gasteiger charge is -2.01. The highest BCUT2D eigenvalue weighted by atomic mass is 35.5. The Balaban J connectivity index is 1.77. The van der Waals surface area contributed by atoms with Crippen molar-refractivity contribution < 1.29 is 4.42 Å². The normalized spacial score (nSPS) is 14.4. The van der Waals surface area contributed by atoms with Gasteiger partial charge >= 0.3 is 5.69 Å². The number of rotatable bonds is 4. The first-order valence-electron chi connectivity index (χ1n) is 7.20. The van der Waals surface area contributed by atoms with Crippen molar-refractivity contribution in [3.05, 3.63) is 63.7 Å². The fraction of sp³-hybridized carbons (Fsp3) is 0.250. The van der Waals surface area contributed by atoms with Crippen LogP contribution in [0.1, 0.15) is 24.4 Å². The van der Waals surface area contributed by atoms with Gasteiger partial charge in [-0.2, -0.15) is 0 Å². The summed E-state index contributed by atoms with van der Waals surface area (Å²) in [6.45, 7) is 0.396. The summed E-state index contributed by atoms with van der Waals surface area (Å²) in [5.74, 6) is 1.22. The van der Waals surface area contributed by atoms with Crippen molar-refractivity contribution in [3.8, 4) is 11.6 Å². The van der Waals surface area contributed by atoms with Crippen LogP contribution in [0, 0.1) is 0 Å². The molecule has 0 amide bonds. The number of hydrogen-bond donors (Lipinski definition) is 0. The summed E-state index contributed by atoms with van der Waals surface area (Å²) in [7, 11) is 0. The van der Waals surface area contributed by atoms with Gasteiger partial charge in [0.1, 0.15) is 0 Å². The Morgan fingerprint density at radius 1 is 1.27 bits per heavy atom. The molecule has 5 nitrogen and oxygen atoms in total. The van der Waals surface area contributed by atoms with E-state index in [4.69, 9.17) is 16.0 Å². The van der Waals surface area contributed by atoms with Crippen molar-refractivity contribution in [1.82, 2.24) is 14.3 Å². The summed E-state index contributed by atoms with van der Waals surface area (Å²) in [6, 6.07) is 11.3. The third-order valence-electron chi connectivity index (χ3n) is 3.75. The molecule has 0 radical (unpaired) electrons. The summed E-state index contributed by atoms with van der Waals surface area (Å²) in [6.07, 6.45) is 3.61. The Morgan fingerprint density at radius 2 is 2.14 bits per heavy atom. The number of hydrogen-bond acceptors (Lipinski definition) is 3. The molecule has 1 fully saturated rings. The average Bonchev–Trinajstić information content (AvgIpc) is 3.08. The van der Waals surface area contributed by atoms with Crippen molar-refractivity contribution in [1.29, 1.82) is 0 Å². The number of halogens is 1. The van der Waals surface area contributed by atoms with E-state index < -0.39 is 0 Å². The quantitative estimate of drug-likeness (QED) is 0.742. The predicted octanol–water partition coefficient (Wildman–Crippen LogP) is 3.34. The van der Waals surface area contributed by atoms with Gasteiger partial charge in [-0.25, -0.2) is 9.48 Å². The van der Waals surface area contributed by atoms with Crippen LogP contribution in [0.15, 0.2) is 51.9 Å². The van der Waals surface area contributed by atoms with Crippen LogP contribution in [0.2, 0.25) is 5.02 Å². The first-order valence-corrected chi connectivity index (χ1v) is 7.58. The van der Waals surface area contributed by atoms with E-state index in [2.05, 4.69) is 5.10 Å². The van der Waals surface area contributed by atoms with Crippen LogP contribution in [0.25, 0.3) is 11.6 Å². The van der Waals surface area contributed by atoms with Gasteiger partial charge in [0.25, 0.3) is 0 Å². The van der Waals surface area contributed by atoms with E-state index in [1.54, 1.807) is 16.9 Å². The lowest BCUT2D eigenvalue weighted by atomic mass is 10.2. The molecule has 6 heteroatoms. The van der Waals surface area contributed by atoms with E-state index in [9.17, 15) is 4.79 Å². The van der Waals surface area contributed by atoms with E-state index in [0.717, 1.165) is 18.4 Å². The number of benzene rings is 1. The second kappa shape index (κ2) is 5.18. The highest BCUT2D eigenvalue weighted by Gasteiger charge is 2.31. The lowest BCUT2D eigenvalue weighted by molar-refractivity contribution is 0.568. The molecule has 112 valence electrons. The minimum absolute atomic E-state index is 0.103. The Kier molecular flexibility index (Phi) is 3.15. The van der Waals surface area contributed by atoms with Gasteiger partial charge in [0.2, 0.25) is 5.82 Å². The first kappa shape index (κ1) is 13.4. The lowest BCUT2D eigenvalue weighted by Crippen LogP contribution is -2.25. The molecule has 0 atom stereocenters. The molecule has 1 aliphatic rings. The Labute approximate surface area is 131 Å². The Bertz CT molecular complexity index is 860. The molecule has 0 unspecified atom stereocenters. The summed E-state index contributed by atoms with van der Waals surface area (Å²) in [4.78, 5) is 12.6. The topological polar surface area (TPSA) is 53.0 Å². The van der Waals surface area contributed by atoms with E-state index in [0.29, 0.717) is 23.2 Å². The van der Waals surface area contributed by atoms with E-state index in [1.165, 1.54) is 4.68 Å². The number of furan rings is 1. The molecular formula is C16H14ClN3O2. The van der Waals surface area contributed by atoms with Gasteiger partial charge in [-0.05, 0) is 42.7 Å². The highest BCUT2D eigenvalue weighted by molar-refractivity contribution is 6.30. The van der Waals surface area contributed by atoms with Gasteiger partial charge in [0, 0.05) is 11.1 Å². The van der Waals surface area contributed by atoms with Crippen LogP contribution in [0.4, 0.5) is 0 Å². The Morgan fingerprint density at radius 3 is 2.82 bits per heavy atom. The molecule has 1 aromatic carbocycles. The average molecular weight is 316 g/mol. The molecule has 0 aliphatic heterocycles. The van der Waals surface area contributed by atoms with Gasteiger partial charge in [-0.3, -0.25) is 4.57 Å². The van der Waals surface area contributed by atoms with Gasteiger partial charge in [0.15, 0.2) is 5.76 Å². The van der Waals surface area contributed by atoms with Crippen molar-refractivity contribution in [2.45, 2.75) is 25.4 Å². The van der Waals surface area contributed by atoms with Crippen molar-refractivity contribution in [3.63, 3.8) is 0 Å². The molecule has 0 bridgehead atoms. The zero-order chi connectivity index (χ0) is 15.1. The zero-order valence-corrected chi connectivity index (χ0v) is 12.5. The van der Waals surface area contributed by atoms with Gasteiger partial charge < -0.3 is 4.42 Å². The molecule has 2 aromatic heterocycles. The summed E-state index contributed by atoms with van der Waals surface area (Å²) in [5.41, 5.74) is 0.843. The molecule has 22 heavy (non-hydrogen) atoms. The standard InChI is InChI=1S/C16H14ClN3O2/c17-12-4-1-3-11(9-12)10-19-16(21)20(13-6-7-13)15(18-19)14-5-2-8-22-14/h1-5,8-9,13H,6-7,10H2. The van der Waals surface area contributed by atoms with Crippen molar-refractivity contribution >= 4 is 11.6 Å². The third kappa shape index (κ3) is 2.37. The van der Waals surface area contributed by atoms with Crippen LogP contribution >= 0.6 is 11.6 Å². The minimum atomic E-state index is -0.103. The van der Waals surface area contributed by atoms with Crippen LogP contribution in [0.5, 0.6) is 0 Å².